The number of aryl methyl sites for hydroxylation is 1. The fourth-order valence-electron chi connectivity index (χ4n) is 2.76. The van der Waals surface area contributed by atoms with E-state index in [0.29, 0.717) is 31.1 Å². The number of hydrogen-bond donors (Lipinski definition) is 0. The molecule has 2 rings (SSSR count). The van der Waals surface area contributed by atoms with Gasteiger partial charge in [-0.05, 0) is 25.7 Å². The second kappa shape index (κ2) is 8.47. The molecule has 0 N–H and O–H groups in total. The van der Waals surface area contributed by atoms with E-state index in [0.717, 1.165) is 12.0 Å². The zero-order chi connectivity index (χ0) is 19.3. The van der Waals surface area contributed by atoms with Crippen LogP contribution in [-0.4, -0.2) is 33.5 Å². The Kier molecular flexibility index (Phi) is 6.57. The van der Waals surface area contributed by atoms with Crippen molar-refractivity contribution in [1.29, 1.82) is 0 Å². The number of rotatable bonds is 7. The van der Waals surface area contributed by atoms with Gasteiger partial charge in [0.25, 0.3) is 0 Å². The minimum atomic E-state index is -0.0219. The van der Waals surface area contributed by atoms with Gasteiger partial charge in [-0.15, -0.1) is 0 Å². The van der Waals surface area contributed by atoms with E-state index in [1.165, 1.54) is 5.56 Å². The molecule has 142 valence electrons. The van der Waals surface area contributed by atoms with E-state index >= 15 is 0 Å². The molecule has 26 heavy (non-hydrogen) atoms. The van der Waals surface area contributed by atoms with Crippen LogP contribution >= 0.6 is 0 Å². The average Bonchev–Trinajstić information content (AvgIpc) is 3.02. The normalized spacial score (nSPS) is 12.8. The molecular weight excluding hydrogens is 326 g/mol. The molecule has 0 saturated carbocycles. The van der Waals surface area contributed by atoms with Crippen LogP contribution in [0.1, 0.15) is 58.9 Å². The Balaban J connectivity index is 2.04. The molecule has 1 atom stereocenters. The summed E-state index contributed by atoms with van der Waals surface area (Å²) < 4.78 is 5.39. The van der Waals surface area contributed by atoms with Gasteiger partial charge in [0.2, 0.25) is 17.6 Å². The van der Waals surface area contributed by atoms with Gasteiger partial charge in [0.15, 0.2) is 0 Å². The van der Waals surface area contributed by atoms with Gasteiger partial charge in [-0.25, -0.2) is 0 Å². The number of carbonyl (C=O) groups excluding carboxylic acids is 1. The summed E-state index contributed by atoms with van der Waals surface area (Å²) in [5.41, 5.74) is 2.11. The monoisotopic (exact) mass is 357 g/mol. The summed E-state index contributed by atoms with van der Waals surface area (Å²) in [6.07, 6.45) is 2.03. The van der Waals surface area contributed by atoms with Crippen LogP contribution in [-0.2, 0) is 11.2 Å². The van der Waals surface area contributed by atoms with Gasteiger partial charge in [-0.2, -0.15) is 4.98 Å². The molecule has 0 unspecified atom stereocenters. The summed E-state index contributed by atoms with van der Waals surface area (Å²) in [7, 11) is 0. The number of carbonyl (C=O) groups is 1. The lowest BCUT2D eigenvalue weighted by atomic mass is 9.91. The summed E-state index contributed by atoms with van der Waals surface area (Å²) in [5, 5.41) is 4.07. The molecule has 1 aromatic carbocycles. The molecule has 5 nitrogen and oxygen atoms in total. The van der Waals surface area contributed by atoms with E-state index in [1.807, 2.05) is 36.1 Å². The first-order valence-corrected chi connectivity index (χ1v) is 9.38. The Labute approximate surface area is 156 Å². The molecule has 2 aromatic rings. The topological polar surface area (TPSA) is 59.2 Å². The number of hydrogen-bond acceptors (Lipinski definition) is 4. The lowest BCUT2D eigenvalue weighted by Crippen LogP contribution is -2.41. The Morgan fingerprint density at radius 1 is 1.23 bits per heavy atom. The van der Waals surface area contributed by atoms with Crippen LogP contribution in [0.5, 0.6) is 0 Å². The molecule has 0 aliphatic carbocycles. The predicted molar refractivity (Wildman–Crippen MR) is 104 cm³/mol. The van der Waals surface area contributed by atoms with Crippen LogP contribution in [0.2, 0.25) is 0 Å². The van der Waals surface area contributed by atoms with Crippen LogP contribution in [0.4, 0.5) is 0 Å². The molecule has 1 aromatic heterocycles. The zero-order valence-electron chi connectivity index (χ0n) is 16.9. The molecule has 0 aliphatic heterocycles. The molecule has 0 saturated heterocycles. The fraction of sp³-hybridized carbons (Fsp3) is 0.571. The van der Waals surface area contributed by atoms with E-state index < -0.39 is 0 Å². The Hall–Kier alpha value is -2.17. The minimum absolute atomic E-state index is 0.0219. The third-order valence-electron chi connectivity index (χ3n) is 4.47. The van der Waals surface area contributed by atoms with Crippen molar-refractivity contribution in [1.82, 2.24) is 15.0 Å². The van der Waals surface area contributed by atoms with E-state index in [-0.39, 0.29) is 17.4 Å². The maximum atomic E-state index is 12.7. The third kappa shape index (κ3) is 5.68. The number of aromatic nitrogens is 2. The van der Waals surface area contributed by atoms with Gasteiger partial charge in [0.1, 0.15) is 0 Å². The standard InChI is InChI=1S/C21H31N3O2/c1-7-16(3)24(19(25)14-21(4,5)6)13-12-18-22-20(23-26-18)17-10-8-15(2)9-11-17/h8-11,16H,7,12-14H2,1-6H3/t16-/m1/s1. The van der Waals surface area contributed by atoms with Crippen molar-refractivity contribution in [2.24, 2.45) is 5.41 Å². The molecule has 0 fully saturated rings. The minimum Gasteiger partial charge on any atom is -0.339 e. The van der Waals surface area contributed by atoms with Gasteiger partial charge >= 0.3 is 0 Å². The number of nitrogens with zero attached hydrogens (tertiary/aromatic N) is 3. The molecule has 1 amide bonds. The molecule has 0 aliphatic rings. The Morgan fingerprint density at radius 2 is 1.88 bits per heavy atom. The van der Waals surface area contributed by atoms with Crippen molar-refractivity contribution in [3.05, 3.63) is 35.7 Å². The first-order chi connectivity index (χ1) is 12.2. The quantitative estimate of drug-likeness (QED) is 0.723. The molecule has 1 heterocycles. The average molecular weight is 357 g/mol. The summed E-state index contributed by atoms with van der Waals surface area (Å²) in [6.45, 7) is 13.1. The van der Waals surface area contributed by atoms with Crippen LogP contribution in [0.15, 0.2) is 28.8 Å². The maximum Gasteiger partial charge on any atom is 0.228 e. The van der Waals surface area contributed by atoms with Gasteiger partial charge in [-0.1, -0.05) is 62.7 Å². The predicted octanol–water partition coefficient (Wildman–Crippen LogP) is 4.65. The summed E-state index contributed by atoms with van der Waals surface area (Å²) in [4.78, 5) is 19.1. The number of benzene rings is 1. The van der Waals surface area contributed by atoms with Gasteiger partial charge < -0.3 is 9.42 Å². The molecule has 0 bridgehead atoms. The Morgan fingerprint density at radius 3 is 2.46 bits per heavy atom. The van der Waals surface area contributed by atoms with Crippen molar-refractivity contribution in [3.8, 4) is 11.4 Å². The second-order valence-corrected chi connectivity index (χ2v) is 8.21. The largest absolute Gasteiger partial charge is 0.339 e. The van der Waals surface area contributed by atoms with Crippen LogP contribution < -0.4 is 0 Å². The zero-order valence-corrected chi connectivity index (χ0v) is 16.9. The highest BCUT2D eigenvalue weighted by Crippen LogP contribution is 2.22. The van der Waals surface area contributed by atoms with Gasteiger partial charge in [0, 0.05) is 31.0 Å². The van der Waals surface area contributed by atoms with E-state index in [4.69, 9.17) is 4.52 Å². The highest BCUT2D eigenvalue weighted by atomic mass is 16.5. The maximum absolute atomic E-state index is 12.7. The molecular formula is C21H31N3O2. The summed E-state index contributed by atoms with van der Waals surface area (Å²) in [5.74, 6) is 1.35. The van der Waals surface area contributed by atoms with Crippen molar-refractivity contribution in [2.75, 3.05) is 6.54 Å². The first-order valence-electron chi connectivity index (χ1n) is 9.38. The summed E-state index contributed by atoms with van der Waals surface area (Å²) >= 11 is 0. The molecule has 5 heteroatoms. The third-order valence-corrected chi connectivity index (χ3v) is 4.47. The molecule has 0 spiro atoms. The second-order valence-electron chi connectivity index (χ2n) is 8.21. The van der Waals surface area contributed by atoms with E-state index in [9.17, 15) is 4.79 Å². The van der Waals surface area contributed by atoms with Gasteiger partial charge in [0.05, 0.1) is 0 Å². The lowest BCUT2D eigenvalue weighted by Gasteiger charge is -2.31. The fourth-order valence-corrected chi connectivity index (χ4v) is 2.76. The Bertz CT molecular complexity index is 714. The van der Waals surface area contributed by atoms with Crippen LogP contribution in [0.25, 0.3) is 11.4 Å². The van der Waals surface area contributed by atoms with Crippen molar-refractivity contribution < 1.29 is 9.32 Å². The summed E-state index contributed by atoms with van der Waals surface area (Å²) in [6, 6.07) is 8.23. The highest BCUT2D eigenvalue weighted by molar-refractivity contribution is 5.77. The SMILES string of the molecule is CC[C@@H](C)N(CCc1nc(-c2ccc(C)cc2)no1)C(=O)CC(C)(C)C. The first kappa shape index (κ1) is 20.1. The smallest absolute Gasteiger partial charge is 0.228 e. The van der Waals surface area contributed by atoms with Crippen LogP contribution in [0, 0.1) is 12.3 Å². The highest BCUT2D eigenvalue weighted by Gasteiger charge is 2.24. The van der Waals surface area contributed by atoms with Crippen molar-refractivity contribution in [3.63, 3.8) is 0 Å². The lowest BCUT2D eigenvalue weighted by molar-refractivity contribution is -0.135. The van der Waals surface area contributed by atoms with Gasteiger partial charge in [-0.3, -0.25) is 4.79 Å². The van der Waals surface area contributed by atoms with Crippen molar-refractivity contribution >= 4 is 5.91 Å². The number of amides is 1. The van der Waals surface area contributed by atoms with Crippen LogP contribution in [0.3, 0.4) is 0 Å². The molecule has 0 radical (unpaired) electrons. The van der Waals surface area contributed by atoms with Crippen molar-refractivity contribution in [2.45, 2.75) is 66.8 Å². The van der Waals surface area contributed by atoms with E-state index in [2.05, 4.69) is 44.8 Å². The van der Waals surface area contributed by atoms with E-state index in [1.54, 1.807) is 0 Å².